The van der Waals surface area contributed by atoms with Crippen LogP contribution in [0.1, 0.15) is 20.8 Å². The minimum Gasteiger partial charge on any atom is -0.469 e. The summed E-state index contributed by atoms with van der Waals surface area (Å²) >= 11 is 0. The molecule has 0 spiro atoms. The quantitative estimate of drug-likeness (QED) is 0.599. The Bertz CT molecular complexity index is 279. The van der Waals surface area contributed by atoms with E-state index in [1.54, 1.807) is 13.8 Å². The van der Waals surface area contributed by atoms with E-state index in [0.29, 0.717) is 0 Å². The first-order valence-electron chi connectivity index (χ1n) is 4.27. The van der Waals surface area contributed by atoms with Crippen molar-refractivity contribution in [3.63, 3.8) is 0 Å². The van der Waals surface area contributed by atoms with Gasteiger partial charge in [-0.05, 0) is 20.8 Å². The monoisotopic (exact) mass is 202 g/mol. The minimum atomic E-state index is -1.81. The van der Waals surface area contributed by atoms with Gasteiger partial charge in [0.2, 0.25) is 0 Å². The summed E-state index contributed by atoms with van der Waals surface area (Å²) in [6.45, 7) is 4.38. The Balaban J connectivity index is 3.11. The fourth-order valence-corrected chi connectivity index (χ4v) is 1.83. The number of hydrogen-bond donors (Lipinski definition) is 1. The Hall–Kier alpha value is -1.10. The van der Waals surface area contributed by atoms with Gasteiger partial charge in [-0.1, -0.05) is 0 Å². The van der Waals surface area contributed by atoms with Crippen LogP contribution in [0, 0.1) is 5.92 Å². The second-order valence-corrected chi connectivity index (χ2v) is 4.10. The van der Waals surface area contributed by atoms with Gasteiger partial charge >= 0.3 is 11.9 Å². The lowest BCUT2D eigenvalue weighted by molar-refractivity contribution is -0.159. The Morgan fingerprint density at radius 3 is 2.29 bits per heavy atom. The summed E-state index contributed by atoms with van der Waals surface area (Å²) in [5, 5.41) is 9.78. The van der Waals surface area contributed by atoms with Crippen molar-refractivity contribution in [1.82, 2.24) is 0 Å². The number of ether oxygens (including phenoxy) is 2. The zero-order chi connectivity index (χ0) is 11.1. The van der Waals surface area contributed by atoms with Gasteiger partial charge in [0.15, 0.2) is 5.60 Å². The van der Waals surface area contributed by atoms with Crippen molar-refractivity contribution in [2.75, 3.05) is 7.11 Å². The van der Waals surface area contributed by atoms with Crippen LogP contribution in [-0.4, -0.2) is 35.4 Å². The predicted octanol–water partition coefficient (Wildman–Crippen LogP) is -0.138. The first-order valence-corrected chi connectivity index (χ1v) is 4.27. The van der Waals surface area contributed by atoms with E-state index >= 15 is 0 Å². The van der Waals surface area contributed by atoms with E-state index in [-0.39, 0.29) is 0 Å². The molecule has 1 heterocycles. The van der Waals surface area contributed by atoms with E-state index in [4.69, 9.17) is 4.74 Å². The lowest BCUT2D eigenvalue weighted by Crippen LogP contribution is -2.46. The molecule has 0 aromatic carbocycles. The van der Waals surface area contributed by atoms with E-state index in [1.165, 1.54) is 14.0 Å². The molecule has 2 atom stereocenters. The molecule has 1 aliphatic rings. The highest BCUT2D eigenvalue weighted by Crippen LogP contribution is 2.40. The highest BCUT2D eigenvalue weighted by atomic mass is 16.6. The van der Waals surface area contributed by atoms with Crippen LogP contribution in [0.5, 0.6) is 0 Å². The number of cyclic esters (lactones) is 1. The van der Waals surface area contributed by atoms with E-state index < -0.39 is 29.1 Å². The summed E-state index contributed by atoms with van der Waals surface area (Å²) in [5.74, 6) is -2.43. The summed E-state index contributed by atoms with van der Waals surface area (Å²) in [4.78, 5) is 22.6. The molecule has 1 fully saturated rings. The first-order chi connectivity index (χ1) is 6.23. The molecule has 0 aromatic heterocycles. The van der Waals surface area contributed by atoms with Crippen molar-refractivity contribution in [2.24, 2.45) is 5.92 Å². The smallest absolute Gasteiger partial charge is 0.339 e. The SMILES string of the molecule is COC(=O)C1C(C)(C)OC(=O)C1(C)O. The maximum Gasteiger partial charge on any atom is 0.339 e. The van der Waals surface area contributed by atoms with Crippen LogP contribution in [0.25, 0.3) is 0 Å². The third kappa shape index (κ3) is 1.37. The molecule has 1 rings (SSSR count). The summed E-state index contributed by atoms with van der Waals surface area (Å²) in [6, 6.07) is 0. The highest BCUT2D eigenvalue weighted by molar-refractivity contribution is 5.91. The number of carbonyl (C=O) groups is 2. The van der Waals surface area contributed by atoms with E-state index in [2.05, 4.69) is 4.74 Å². The molecule has 0 amide bonds. The number of carbonyl (C=O) groups excluding carboxylic acids is 2. The van der Waals surface area contributed by atoms with Gasteiger partial charge in [0.25, 0.3) is 0 Å². The van der Waals surface area contributed by atoms with Crippen LogP contribution >= 0.6 is 0 Å². The molecular weight excluding hydrogens is 188 g/mol. The molecule has 80 valence electrons. The van der Waals surface area contributed by atoms with Crippen LogP contribution in [0.4, 0.5) is 0 Å². The van der Waals surface area contributed by atoms with Crippen molar-refractivity contribution in [1.29, 1.82) is 0 Å². The van der Waals surface area contributed by atoms with Crippen molar-refractivity contribution in [3.05, 3.63) is 0 Å². The van der Waals surface area contributed by atoms with E-state index in [9.17, 15) is 14.7 Å². The second kappa shape index (κ2) is 2.95. The normalized spacial score (nSPS) is 35.2. The average Bonchev–Trinajstić information content (AvgIpc) is 2.16. The molecule has 1 N–H and O–H groups in total. The minimum absolute atomic E-state index is 0.647. The highest BCUT2D eigenvalue weighted by Gasteiger charge is 2.61. The average molecular weight is 202 g/mol. The number of methoxy groups -OCH3 is 1. The van der Waals surface area contributed by atoms with Gasteiger partial charge in [-0.2, -0.15) is 0 Å². The molecule has 0 saturated carbocycles. The zero-order valence-electron chi connectivity index (χ0n) is 8.66. The van der Waals surface area contributed by atoms with Crippen LogP contribution in [-0.2, 0) is 19.1 Å². The summed E-state index contributed by atoms with van der Waals surface area (Å²) in [5.41, 5.74) is -2.84. The van der Waals surface area contributed by atoms with E-state index in [0.717, 1.165) is 0 Å². The zero-order valence-corrected chi connectivity index (χ0v) is 8.66. The standard InChI is InChI=1S/C9H14O5/c1-8(2)5(6(10)13-4)9(3,12)7(11)14-8/h5,12H,1-4H3. The van der Waals surface area contributed by atoms with Gasteiger partial charge in [-0.3, -0.25) is 4.79 Å². The Labute approximate surface area is 82.0 Å². The molecule has 0 aromatic rings. The number of aliphatic hydroxyl groups is 1. The van der Waals surface area contributed by atoms with Crippen LogP contribution in [0.15, 0.2) is 0 Å². The lowest BCUT2D eigenvalue weighted by atomic mass is 9.81. The van der Waals surface area contributed by atoms with Gasteiger partial charge in [0.05, 0.1) is 7.11 Å². The fraction of sp³-hybridized carbons (Fsp3) is 0.778. The maximum atomic E-state index is 11.4. The number of esters is 2. The van der Waals surface area contributed by atoms with E-state index in [1.807, 2.05) is 0 Å². The lowest BCUT2D eigenvalue weighted by Gasteiger charge is -2.26. The summed E-state index contributed by atoms with van der Waals surface area (Å²) < 4.78 is 9.43. The fourth-order valence-electron chi connectivity index (χ4n) is 1.83. The molecule has 0 bridgehead atoms. The van der Waals surface area contributed by atoms with Gasteiger partial charge in [-0.25, -0.2) is 4.79 Å². The molecule has 1 aliphatic heterocycles. The molecule has 2 unspecified atom stereocenters. The van der Waals surface area contributed by atoms with Crippen LogP contribution in [0.3, 0.4) is 0 Å². The first kappa shape index (κ1) is 11.0. The molecule has 0 radical (unpaired) electrons. The Morgan fingerprint density at radius 1 is 1.50 bits per heavy atom. The molecule has 5 heteroatoms. The summed E-state index contributed by atoms with van der Waals surface area (Å²) in [7, 11) is 1.21. The van der Waals surface area contributed by atoms with Crippen molar-refractivity contribution in [3.8, 4) is 0 Å². The van der Waals surface area contributed by atoms with Crippen molar-refractivity contribution < 1.29 is 24.2 Å². The largest absolute Gasteiger partial charge is 0.469 e. The molecule has 1 saturated heterocycles. The van der Waals surface area contributed by atoms with Crippen LogP contribution < -0.4 is 0 Å². The topological polar surface area (TPSA) is 72.8 Å². The van der Waals surface area contributed by atoms with Gasteiger partial charge < -0.3 is 14.6 Å². The molecule has 5 nitrogen and oxygen atoms in total. The van der Waals surface area contributed by atoms with Crippen LogP contribution in [0.2, 0.25) is 0 Å². The molecule has 0 aliphatic carbocycles. The number of hydrogen-bond acceptors (Lipinski definition) is 5. The number of rotatable bonds is 1. The van der Waals surface area contributed by atoms with Gasteiger partial charge in [0.1, 0.15) is 11.5 Å². The third-order valence-corrected chi connectivity index (χ3v) is 2.46. The van der Waals surface area contributed by atoms with Gasteiger partial charge in [-0.15, -0.1) is 0 Å². The molecular formula is C9H14O5. The Kier molecular flexibility index (Phi) is 2.31. The molecule has 14 heavy (non-hydrogen) atoms. The summed E-state index contributed by atoms with van der Waals surface area (Å²) in [6.07, 6.45) is 0. The van der Waals surface area contributed by atoms with Crippen molar-refractivity contribution >= 4 is 11.9 Å². The predicted molar refractivity (Wildman–Crippen MR) is 46.3 cm³/mol. The third-order valence-electron chi connectivity index (χ3n) is 2.46. The Morgan fingerprint density at radius 2 is 2.00 bits per heavy atom. The maximum absolute atomic E-state index is 11.4. The van der Waals surface area contributed by atoms with Crippen molar-refractivity contribution in [2.45, 2.75) is 32.0 Å². The van der Waals surface area contributed by atoms with Gasteiger partial charge in [0, 0.05) is 0 Å². The second-order valence-electron chi connectivity index (χ2n) is 4.10.